The molecular weight excluding hydrogens is 700 g/mol. The van der Waals surface area contributed by atoms with Crippen molar-refractivity contribution >= 4 is 74.2 Å². The van der Waals surface area contributed by atoms with E-state index in [4.69, 9.17) is 26.5 Å². The number of aryl methyl sites for hydroxylation is 1. The van der Waals surface area contributed by atoms with Crippen LogP contribution in [0.4, 0.5) is 10.8 Å². The number of fused-ring (bicyclic) bond motifs is 3. The van der Waals surface area contributed by atoms with Gasteiger partial charge in [-0.05, 0) is 54.3 Å². The van der Waals surface area contributed by atoms with Gasteiger partial charge >= 0.3 is 0 Å². The van der Waals surface area contributed by atoms with Crippen LogP contribution in [0.5, 0.6) is 5.75 Å². The van der Waals surface area contributed by atoms with Crippen LogP contribution in [-0.2, 0) is 14.4 Å². The Morgan fingerprint density at radius 3 is 2.62 bits per heavy atom. The summed E-state index contributed by atoms with van der Waals surface area (Å²) in [6.45, 7) is 3.97. The summed E-state index contributed by atoms with van der Waals surface area (Å²) >= 11 is 6.75. The minimum Gasteiger partial charge on any atom is -0.506 e. The second-order valence-electron chi connectivity index (χ2n) is 12.1. The number of phenolic OH excluding ortho intramolecular Hbond substituents is 1. The Hall–Kier alpha value is -6.05. The number of phenols is 1. The van der Waals surface area contributed by atoms with E-state index in [0.717, 1.165) is 55.4 Å². The Bertz CT molecular complexity index is 2530. The van der Waals surface area contributed by atoms with Crippen LogP contribution in [-0.4, -0.2) is 56.2 Å². The van der Waals surface area contributed by atoms with Gasteiger partial charge in [-0.2, -0.15) is 5.10 Å². The van der Waals surface area contributed by atoms with Crippen LogP contribution in [0.2, 0.25) is 0 Å². The number of hydrogen-bond donors (Lipinski definition) is 4. The molecule has 0 saturated carbocycles. The molecule has 0 radical (unpaired) electrons. The third-order valence-electron chi connectivity index (χ3n) is 8.62. The van der Waals surface area contributed by atoms with E-state index in [9.17, 15) is 14.7 Å². The van der Waals surface area contributed by atoms with Crippen molar-refractivity contribution in [3.05, 3.63) is 112 Å². The predicted molar refractivity (Wildman–Crippen MR) is 204 cm³/mol. The highest BCUT2D eigenvalue weighted by atomic mass is 35.5. The van der Waals surface area contributed by atoms with Crippen LogP contribution in [0.1, 0.15) is 18.2 Å². The highest BCUT2D eigenvalue weighted by Crippen LogP contribution is 2.32. The largest absolute Gasteiger partial charge is 0.506 e. The number of carbonyl (C=O) groups is 2. The highest BCUT2D eigenvalue weighted by molar-refractivity contribution is 7.14. The second kappa shape index (κ2) is 14.7. The molecule has 14 heteroatoms. The fourth-order valence-electron chi connectivity index (χ4n) is 6.08. The summed E-state index contributed by atoms with van der Waals surface area (Å²) in [5.41, 5.74) is 7.16. The molecule has 0 fully saturated rings. The zero-order valence-electron chi connectivity index (χ0n) is 28.3. The highest BCUT2D eigenvalue weighted by Gasteiger charge is 2.26. The number of oxime groups is 1. The van der Waals surface area contributed by atoms with E-state index in [2.05, 4.69) is 30.8 Å². The first-order chi connectivity index (χ1) is 25.2. The number of alkyl halides is 1. The van der Waals surface area contributed by atoms with Gasteiger partial charge in [0.2, 0.25) is 5.91 Å². The second-order valence-corrected chi connectivity index (χ2v) is 13.2. The van der Waals surface area contributed by atoms with E-state index in [0.29, 0.717) is 11.0 Å². The van der Waals surface area contributed by atoms with Crippen molar-refractivity contribution in [2.45, 2.75) is 19.9 Å². The lowest BCUT2D eigenvalue weighted by molar-refractivity contribution is -0.115. The Balaban J connectivity index is 1.31. The molecule has 2 aliphatic carbocycles. The number of anilines is 2. The number of halogens is 1. The minimum absolute atomic E-state index is 0.0458. The van der Waals surface area contributed by atoms with E-state index in [-0.39, 0.29) is 34.1 Å². The van der Waals surface area contributed by atoms with Crippen molar-refractivity contribution in [1.82, 2.24) is 19.9 Å². The molecule has 0 saturated heterocycles. The number of rotatable bonds is 9. The van der Waals surface area contributed by atoms with Crippen LogP contribution in [0.15, 0.2) is 94.5 Å². The Morgan fingerprint density at radius 1 is 1.04 bits per heavy atom. The van der Waals surface area contributed by atoms with Crippen molar-refractivity contribution in [2.24, 2.45) is 16.2 Å². The molecule has 1 aliphatic heterocycles. The van der Waals surface area contributed by atoms with Crippen molar-refractivity contribution in [2.75, 3.05) is 23.7 Å². The van der Waals surface area contributed by atoms with E-state index in [1.54, 1.807) is 11.4 Å². The maximum atomic E-state index is 13.7. The molecule has 3 aromatic carbocycles. The lowest BCUT2D eigenvalue weighted by atomic mass is 9.96. The summed E-state index contributed by atoms with van der Waals surface area (Å²) in [6, 6.07) is 24.7. The normalized spacial score (nSPS) is 15.8. The van der Waals surface area contributed by atoms with Gasteiger partial charge in [-0.3, -0.25) is 15.0 Å². The summed E-state index contributed by atoms with van der Waals surface area (Å²) < 4.78 is 2.10. The number of thiazole rings is 1. The molecule has 2 amide bonds. The van der Waals surface area contributed by atoms with Crippen LogP contribution < -0.4 is 32.1 Å². The lowest BCUT2D eigenvalue weighted by Gasteiger charge is -2.25. The third-order valence-corrected chi connectivity index (χ3v) is 9.62. The number of aromatic hydroxyl groups is 1. The van der Waals surface area contributed by atoms with Crippen LogP contribution in [0.3, 0.4) is 0 Å². The van der Waals surface area contributed by atoms with Crippen molar-refractivity contribution in [1.29, 1.82) is 0 Å². The van der Waals surface area contributed by atoms with Gasteiger partial charge < -0.3 is 25.1 Å². The molecule has 2 atom stereocenters. The molecule has 2 heterocycles. The van der Waals surface area contributed by atoms with Crippen molar-refractivity contribution in [3.8, 4) is 22.8 Å². The Labute approximate surface area is 306 Å². The van der Waals surface area contributed by atoms with Crippen LogP contribution in [0, 0.1) is 12.8 Å². The molecule has 1 aromatic heterocycles. The van der Waals surface area contributed by atoms with Crippen LogP contribution >= 0.6 is 22.9 Å². The molecule has 262 valence electrons. The zero-order chi connectivity index (χ0) is 36.4. The van der Waals surface area contributed by atoms with Gasteiger partial charge in [-0.1, -0.05) is 66.7 Å². The van der Waals surface area contributed by atoms with Crippen molar-refractivity contribution < 1.29 is 19.5 Å². The molecule has 2 unspecified atom stereocenters. The van der Waals surface area contributed by atoms with Gasteiger partial charge in [0.1, 0.15) is 30.1 Å². The number of benzene rings is 4. The van der Waals surface area contributed by atoms with Gasteiger partial charge in [0.15, 0.2) is 10.8 Å². The SMILES string of the molecule is CO/N=C(\C(=O)NC1C=c2c(nc3cc(C)c(=NNc4c(O)ccc5ccccc45)cc-3n2-c2ccccc2)=CC1C)c1csc(NC(=O)CCl)n1. The molecule has 4 aromatic rings. The van der Waals surface area contributed by atoms with Gasteiger partial charge in [0, 0.05) is 22.4 Å². The average Bonchev–Trinajstić information content (AvgIpc) is 3.61. The summed E-state index contributed by atoms with van der Waals surface area (Å²) in [7, 11) is 1.34. The molecule has 7 rings (SSSR count). The lowest BCUT2D eigenvalue weighted by Crippen LogP contribution is -2.50. The molecule has 3 aliphatic rings. The number of amides is 2. The van der Waals surface area contributed by atoms with E-state index in [1.165, 1.54) is 7.11 Å². The number of nitrogens with one attached hydrogen (secondary N) is 3. The van der Waals surface area contributed by atoms with E-state index < -0.39 is 17.9 Å². The first-order valence-corrected chi connectivity index (χ1v) is 17.7. The average molecular weight is 733 g/mol. The molecule has 0 spiro atoms. The first kappa shape index (κ1) is 34.4. The summed E-state index contributed by atoms with van der Waals surface area (Å²) in [4.78, 5) is 39.9. The Morgan fingerprint density at radius 2 is 1.83 bits per heavy atom. The molecule has 12 nitrogen and oxygen atoms in total. The minimum atomic E-state index is -0.508. The standard InChI is InChI=1S/C38H33ClN8O4S/c1-21-15-28-31(17-26(21)41-37(50)36(46-51-3)30-20-52-38(42-30)43-34(49)19-39)47(24-10-5-4-6-11-24)32-18-27(22(2)16-29(32)40-28)44-45-35-25-12-8-7-9-23(25)13-14-33(35)48/h4-18,20-21,26,45,48H,19H2,1-3H3,(H,41,50)(H,42,43,49)/b44-27?,46-36-. The number of nitrogens with zero attached hydrogens (tertiary/aromatic N) is 5. The maximum Gasteiger partial charge on any atom is 0.276 e. The molecule has 52 heavy (non-hydrogen) atoms. The summed E-state index contributed by atoms with van der Waals surface area (Å²) in [5, 5.41) is 31.0. The fraction of sp³-hybridized carbons (Fsp3) is 0.158. The maximum absolute atomic E-state index is 13.7. The first-order valence-electron chi connectivity index (χ1n) is 16.3. The topological polar surface area (TPSA) is 155 Å². The monoisotopic (exact) mass is 732 g/mol. The fourth-order valence-corrected chi connectivity index (χ4v) is 6.86. The van der Waals surface area contributed by atoms with Gasteiger partial charge in [-0.15, -0.1) is 22.9 Å². The number of hydrogen-bond acceptors (Lipinski definition) is 10. The van der Waals surface area contributed by atoms with Gasteiger partial charge in [0.25, 0.3) is 5.91 Å². The van der Waals surface area contributed by atoms with Crippen molar-refractivity contribution in [3.63, 3.8) is 0 Å². The number of para-hydroxylation sites is 1. The summed E-state index contributed by atoms with van der Waals surface area (Å²) in [6.07, 6.45) is 4.02. The number of carbonyl (C=O) groups excluding carboxylic acids is 2. The van der Waals surface area contributed by atoms with E-state index >= 15 is 0 Å². The quantitative estimate of drug-likeness (QED) is 0.0741. The predicted octanol–water partition coefficient (Wildman–Crippen LogP) is 4.45. The zero-order valence-corrected chi connectivity index (χ0v) is 29.9. The number of aromatic nitrogens is 3. The molecule has 0 bridgehead atoms. The smallest absolute Gasteiger partial charge is 0.276 e. The summed E-state index contributed by atoms with van der Waals surface area (Å²) in [5.74, 6) is -1.20. The van der Waals surface area contributed by atoms with Gasteiger partial charge in [0.05, 0.1) is 33.5 Å². The Kier molecular flexibility index (Phi) is 9.70. The molecule has 4 N–H and O–H groups in total. The molecular formula is C38H33ClN8O4S. The van der Waals surface area contributed by atoms with Gasteiger partial charge in [-0.25, -0.2) is 9.97 Å². The van der Waals surface area contributed by atoms with Crippen LogP contribution in [0.25, 0.3) is 40.0 Å². The third kappa shape index (κ3) is 6.83. The van der Waals surface area contributed by atoms with E-state index in [1.807, 2.05) is 98.8 Å².